The van der Waals surface area contributed by atoms with Gasteiger partial charge < -0.3 is 19.9 Å². The zero-order valence-electron chi connectivity index (χ0n) is 9.70. The number of benzene rings is 1. The first-order chi connectivity index (χ1) is 8.16. The Hall–Kier alpha value is -0.780. The highest BCUT2D eigenvalue weighted by molar-refractivity contribution is 9.10. The van der Waals surface area contributed by atoms with Crippen molar-refractivity contribution in [2.75, 3.05) is 13.3 Å². The highest BCUT2D eigenvalue weighted by Crippen LogP contribution is 2.39. The van der Waals surface area contributed by atoms with E-state index in [0.29, 0.717) is 0 Å². The predicted molar refractivity (Wildman–Crippen MR) is 68.3 cm³/mol. The quantitative estimate of drug-likeness (QED) is 0.817. The number of aliphatic hydroxyl groups is 1. The van der Waals surface area contributed by atoms with E-state index in [4.69, 9.17) is 14.6 Å². The van der Waals surface area contributed by atoms with Gasteiger partial charge in [0.05, 0.1) is 10.6 Å². The molecule has 0 aromatic heterocycles. The summed E-state index contributed by atoms with van der Waals surface area (Å²) in [6.07, 6.45) is 0.497. The molecule has 0 fully saturated rings. The molecule has 1 aliphatic rings. The molecule has 1 aromatic carbocycles. The first kappa shape index (κ1) is 12.7. The van der Waals surface area contributed by atoms with E-state index in [2.05, 4.69) is 21.2 Å². The highest BCUT2D eigenvalue weighted by Gasteiger charge is 2.17. The largest absolute Gasteiger partial charge is 0.454 e. The summed E-state index contributed by atoms with van der Waals surface area (Å²) >= 11 is 3.46. The molecule has 1 aromatic rings. The third-order valence-corrected chi connectivity index (χ3v) is 3.14. The lowest BCUT2D eigenvalue weighted by molar-refractivity contribution is 0.173. The number of fused-ring (bicyclic) bond motifs is 1. The molecule has 2 rings (SSSR count). The first-order valence-electron chi connectivity index (χ1n) is 5.63. The highest BCUT2D eigenvalue weighted by atomic mass is 79.9. The molecular weight excluding hydrogens is 286 g/mol. The molecule has 0 saturated carbocycles. The maximum Gasteiger partial charge on any atom is 0.231 e. The normalized spacial score (nSPS) is 15.0. The molecule has 0 radical (unpaired) electrons. The van der Waals surface area contributed by atoms with Crippen molar-refractivity contribution in [1.29, 1.82) is 0 Å². The zero-order chi connectivity index (χ0) is 12.3. The number of ether oxygens (including phenoxy) is 2. The van der Waals surface area contributed by atoms with Gasteiger partial charge in [0.2, 0.25) is 6.79 Å². The topological polar surface area (TPSA) is 50.7 Å². The van der Waals surface area contributed by atoms with E-state index in [1.807, 2.05) is 12.1 Å². The van der Waals surface area contributed by atoms with Gasteiger partial charge in [-0.3, -0.25) is 0 Å². The van der Waals surface area contributed by atoms with Crippen molar-refractivity contribution in [3.05, 3.63) is 22.2 Å². The fourth-order valence-corrected chi connectivity index (χ4v) is 2.27. The average Bonchev–Trinajstić information content (AvgIpc) is 2.72. The van der Waals surface area contributed by atoms with E-state index in [0.717, 1.165) is 41.0 Å². The van der Waals surface area contributed by atoms with Crippen molar-refractivity contribution >= 4 is 15.9 Å². The van der Waals surface area contributed by atoms with E-state index in [9.17, 15) is 0 Å². The van der Waals surface area contributed by atoms with Crippen LogP contribution in [0.1, 0.15) is 18.9 Å². The summed E-state index contributed by atoms with van der Waals surface area (Å²) < 4.78 is 11.6. The van der Waals surface area contributed by atoms with Gasteiger partial charge in [0, 0.05) is 6.54 Å². The van der Waals surface area contributed by atoms with Crippen LogP contribution in [0.4, 0.5) is 0 Å². The molecule has 1 unspecified atom stereocenters. The molecular formula is C12H16BrNO3. The molecule has 0 saturated heterocycles. The Labute approximate surface area is 109 Å². The van der Waals surface area contributed by atoms with Gasteiger partial charge in [-0.1, -0.05) is 0 Å². The lowest BCUT2D eigenvalue weighted by atomic mass is 10.2. The SMILES string of the molecule is CC(O)CCNCc1cc(Br)c2c(c1)OCO2. The predicted octanol–water partition coefficient (Wildman–Crippen LogP) is 2.04. The van der Waals surface area contributed by atoms with Gasteiger partial charge in [-0.15, -0.1) is 0 Å². The molecule has 0 bridgehead atoms. The van der Waals surface area contributed by atoms with E-state index >= 15 is 0 Å². The van der Waals surface area contributed by atoms with Crippen LogP contribution in [0.15, 0.2) is 16.6 Å². The summed E-state index contributed by atoms with van der Waals surface area (Å²) in [5, 5.41) is 12.4. The summed E-state index contributed by atoms with van der Waals surface area (Å²) in [6.45, 7) is 3.62. The standard InChI is InChI=1S/C12H16BrNO3/c1-8(15)2-3-14-6-9-4-10(13)12-11(5-9)16-7-17-12/h4-5,8,14-15H,2-3,6-7H2,1H3. The van der Waals surface area contributed by atoms with Crippen LogP contribution in [-0.2, 0) is 6.54 Å². The molecule has 17 heavy (non-hydrogen) atoms. The molecule has 1 heterocycles. The Morgan fingerprint density at radius 3 is 3.06 bits per heavy atom. The summed E-state index contributed by atoms with van der Waals surface area (Å²) in [7, 11) is 0. The molecule has 4 nitrogen and oxygen atoms in total. The van der Waals surface area contributed by atoms with Gasteiger partial charge >= 0.3 is 0 Å². The second-order valence-corrected chi connectivity index (χ2v) is 4.98. The second-order valence-electron chi connectivity index (χ2n) is 4.13. The van der Waals surface area contributed by atoms with Gasteiger partial charge in [0.1, 0.15) is 0 Å². The van der Waals surface area contributed by atoms with E-state index in [1.165, 1.54) is 0 Å². The maximum absolute atomic E-state index is 9.14. The van der Waals surface area contributed by atoms with Crippen molar-refractivity contribution in [3.8, 4) is 11.5 Å². The van der Waals surface area contributed by atoms with Crippen LogP contribution < -0.4 is 14.8 Å². The van der Waals surface area contributed by atoms with Crippen molar-refractivity contribution in [2.45, 2.75) is 26.0 Å². The van der Waals surface area contributed by atoms with Gasteiger partial charge in [-0.25, -0.2) is 0 Å². The van der Waals surface area contributed by atoms with Crippen LogP contribution in [-0.4, -0.2) is 24.5 Å². The molecule has 0 aliphatic carbocycles. The Morgan fingerprint density at radius 2 is 2.29 bits per heavy atom. The van der Waals surface area contributed by atoms with Crippen LogP contribution in [0.25, 0.3) is 0 Å². The number of nitrogens with one attached hydrogen (secondary N) is 1. The Bertz CT molecular complexity index is 396. The second kappa shape index (κ2) is 5.71. The fraction of sp³-hybridized carbons (Fsp3) is 0.500. The summed E-state index contributed by atoms with van der Waals surface area (Å²) in [5.74, 6) is 1.56. The minimum absolute atomic E-state index is 0.258. The van der Waals surface area contributed by atoms with Crippen molar-refractivity contribution < 1.29 is 14.6 Å². The van der Waals surface area contributed by atoms with E-state index in [1.54, 1.807) is 6.92 Å². The van der Waals surface area contributed by atoms with Gasteiger partial charge in [-0.05, 0) is 53.5 Å². The number of halogens is 1. The summed E-state index contributed by atoms with van der Waals surface area (Å²) in [4.78, 5) is 0. The molecule has 0 amide bonds. The van der Waals surface area contributed by atoms with Gasteiger partial charge in [-0.2, -0.15) is 0 Å². The number of aliphatic hydroxyl groups excluding tert-OH is 1. The molecule has 5 heteroatoms. The minimum atomic E-state index is -0.258. The third-order valence-electron chi connectivity index (χ3n) is 2.56. The molecule has 1 atom stereocenters. The van der Waals surface area contributed by atoms with Crippen molar-refractivity contribution in [2.24, 2.45) is 0 Å². The lowest BCUT2D eigenvalue weighted by Crippen LogP contribution is -2.18. The molecule has 2 N–H and O–H groups in total. The summed E-state index contributed by atoms with van der Waals surface area (Å²) in [5.41, 5.74) is 1.13. The molecule has 94 valence electrons. The van der Waals surface area contributed by atoms with Crippen molar-refractivity contribution in [1.82, 2.24) is 5.32 Å². The minimum Gasteiger partial charge on any atom is -0.454 e. The molecule has 0 spiro atoms. The van der Waals surface area contributed by atoms with Gasteiger partial charge in [0.15, 0.2) is 11.5 Å². The van der Waals surface area contributed by atoms with Crippen LogP contribution in [0, 0.1) is 0 Å². The maximum atomic E-state index is 9.14. The van der Waals surface area contributed by atoms with Crippen LogP contribution in [0.5, 0.6) is 11.5 Å². The molecule has 1 aliphatic heterocycles. The smallest absolute Gasteiger partial charge is 0.231 e. The lowest BCUT2D eigenvalue weighted by Gasteiger charge is -2.08. The Morgan fingerprint density at radius 1 is 1.47 bits per heavy atom. The number of rotatable bonds is 5. The fourth-order valence-electron chi connectivity index (χ4n) is 1.67. The van der Waals surface area contributed by atoms with E-state index < -0.39 is 0 Å². The summed E-state index contributed by atoms with van der Waals surface area (Å²) in [6, 6.07) is 3.99. The van der Waals surface area contributed by atoms with Crippen LogP contribution >= 0.6 is 15.9 Å². The van der Waals surface area contributed by atoms with Crippen LogP contribution in [0.3, 0.4) is 0 Å². The Balaban J connectivity index is 1.91. The average molecular weight is 302 g/mol. The zero-order valence-corrected chi connectivity index (χ0v) is 11.3. The monoisotopic (exact) mass is 301 g/mol. The third kappa shape index (κ3) is 3.34. The van der Waals surface area contributed by atoms with Crippen molar-refractivity contribution in [3.63, 3.8) is 0 Å². The van der Waals surface area contributed by atoms with Gasteiger partial charge in [0.25, 0.3) is 0 Å². The number of hydrogen-bond acceptors (Lipinski definition) is 4. The Kier molecular flexibility index (Phi) is 4.25. The van der Waals surface area contributed by atoms with Crippen LogP contribution in [0.2, 0.25) is 0 Å². The first-order valence-corrected chi connectivity index (χ1v) is 6.43. The van der Waals surface area contributed by atoms with E-state index in [-0.39, 0.29) is 12.9 Å². The number of hydrogen-bond donors (Lipinski definition) is 2.